The van der Waals surface area contributed by atoms with Gasteiger partial charge in [-0.2, -0.15) is 0 Å². The summed E-state index contributed by atoms with van der Waals surface area (Å²) < 4.78 is 26.6. The number of carbonyl (C=O) groups is 1. The highest BCUT2D eigenvalue weighted by atomic mass is 32.2. The summed E-state index contributed by atoms with van der Waals surface area (Å²) in [5, 5.41) is 2.85. The van der Waals surface area contributed by atoms with Crippen molar-refractivity contribution in [2.75, 3.05) is 22.9 Å². The molecule has 0 bridgehead atoms. The van der Waals surface area contributed by atoms with E-state index in [1.165, 1.54) is 11.4 Å². The van der Waals surface area contributed by atoms with E-state index < -0.39 is 10.0 Å². The molecule has 5 nitrogen and oxygen atoms in total. The van der Waals surface area contributed by atoms with Crippen LogP contribution in [0.3, 0.4) is 0 Å². The van der Waals surface area contributed by atoms with E-state index in [2.05, 4.69) is 5.32 Å². The molecular weight excluding hydrogens is 392 g/mol. The number of nitrogens with one attached hydrogen (secondary N) is 1. The van der Waals surface area contributed by atoms with E-state index in [1.54, 1.807) is 66.4 Å². The largest absolute Gasteiger partial charge is 0.322 e. The number of sulfonamides is 1. The predicted octanol–water partition coefficient (Wildman–Crippen LogP) is 4.49. The van der Waals surface area contributed by atoms with E-state index in [-0.39, 0.29) is 10.8 Å². The number of amides is 1. The van der Waals surface area contributed by atoms with Gasteiger partial charge in [0.1, 0.15) is 0 Å². The normalized spacial score (nSPS) is 11.1. The number of carbonyl (C=O) groups excluding carboxylic acids is 1. The summed E-state index contributed by atoms with van der Waals surface area (Å²) in [6.45, 7) is 0. The third kappa shape index (κ3) is 4.37. The molecule has 0 aliphatic rings. The van der Waals surface area contributed by atoms with E-state index in [0.717, 1.165) is 4.90 Å². The molecule has 3 aromatic rings. The summed E-state index contributed by atoms with van der Waals surface area (Å²) in [6.07, 6.45) is 1.97. The fraction of sp³-hybridized carbons (Fsp3) is 0.0952. The van der Waals surface area contributed by atoms with Crippen LogP contribution >= 0.6 is 11.8 Å². The zero-order valence-corrected chi connectivity index (χ0v) is 17.1. The predicted molar refractivity (Wildman–Crippen MR) is 115 cm³/mol. The van der Waals surface area contributed by atoms with Gasteiger partial charge in [-0.25, -0.2) is 8.42 Å². The molecule has 0 radical (unpaired) electrons. The van der Waals surface area contributed by atoms with Crippen molar-refractivity contribution in [1.29, 1.82) is 0 Å². The Morgan fingerprint density at radius 2 is 1.61 bits per heavy atom. The second kappa shape index (κ2) is 8.50. The van der Waals surface area contributed by atoms with Gasteiger partial charge in [0.15, 0.2) is 0 Å². The molecule has 0 saturated heterocycles. The molecule has 3 aromatic carbocycles. The Bertz CT molecular complexity index is 1070. The van der Waals surface area contributed by atoms with E-state index in [4.69, 9.17) is 0 Å². The van der Waals surface area contributed by atoms with Gasteiger partial charge in [0.05, 0.1) is 10.6 Å². The highest BCUT2D eigenvalue weighted by Gasteiger charge is 2.21. The Morgan fingerprint density at radius 1 is 0.929 bits per heavy atom. The Morgan fingerprint density at radius 3 is 2.25 bits per heavy atom. The molecule has 0 heterocycles. The van der Waals surface area contributed by atoms with Crippen LogP contribution < -0.4 is 9.62 Å². The van der Waals surface area contributed by atoms with Crippen LogP contribution in [0, 0.1) is 0 Å². The van der Waals surface area contributed by atoms with E-state index >= 15 is 0 Å². The number of thioether (sulfide) groups is 1. The fourth-order valence-corrected chi connectivity index (χ4v) is 4.29. The van der Waals surface area contributed by atoms with Crippen molar-refractivity contribution in [2.45, 2.75) is 9.79 Å². The summed E-state index contributed by atoms with van der Waals surface area (Å²) in [6, 6.07) is 22.3. The van der Waals surface area contributed by atoms with Crippen molar-refractivity contribution in [3.05, 3.63) is 84.4 Å². The topological polar surface area (TPSA) is 66.5 Å². The van der Waals surface area contributed by atoms with Crippen LogP contribution in [0.5, 0.6) is 0 Å². The van der Waals surface area contributed by atoms with Gasteiger partial charge in [0, 0.05) is 23.2 Å². The minimum absolute atomic E-state index is 0.216. The van der Waals surface area contributed by atoms with E-state index in [1.807, 2.05) is 30.5 Å². The van der Waals surface area contributed by atoms with Crippen LogP contribution in [0.15, 0.2) is 88.7 Å². The van der Waals surface area contributed by atoms with Gasteiger partial charge >= 0.3 is 0 Å². The van der Waals surface area contributed by atoms with Crippen molar-refractivity contribution in [1.82, 2.24) is 0 Å². The monoisotopic (exact) mass is 412 g/mol. The van der Waals surface area contributed by atoms with Crippen molar-refractivity contribution < 1.29 is 13.2 Å². The summed E-state index contributed by atoms with van der Waals surface area (Å²) in [5.41, 5.74) is 1.64. The van der Waals surface area contributed by atoms with Crippen molar-refractivity contribution in [3.63, 3.8) is 0 Å². The van der Waals surface area contributed by atoms with Crippen molar-refractivity contribution >= 4 is 39.1 Å². The fourth-order valence-electron chi connectivity index (χ4n) is 2.62. The smallest absolute Gasteiger partial charge is 0.264 e. The van der Waals surface area contributed by atoms with Gasteiger partial charge in [0.2, 0.25) is 0 Å². The van der Waals surface area contributed by atoms with Crippen LogP contribution in [-0.2, 0) is 10.0 Å². The average molecular weight is 413 g/mol. The molecule has 3 rings (SSSR count). The molecule has 0 atom stereocenters. The maximum atomic E-state index is 12.7. The minimum Gasteiger partial charge on any atom is -0.322 e. The number of nitrogens with zero attached hydrogens (tertiary/aromatic N) is 1. The summed E-state index contributed by atoms with van der Waals surface area (Å²) in [4.78, 5) is 13.7. The third-order valence-electron chi connectivity index (χ3n) is 4.22. The van der Waals surface area contributed by atoms with E-state index in [0.29, 0.717) is 16.9 Å². The van der Waals surface area contributed by atoms with Gasteiger partial charge < -0.3 is 5.32 Å². The van der Waals surface area contributed by atoms with Crippen molar-refractivity contribution in [2.24, 2.45) is 0 Å². The maximum absolute atomic E-state index is 12.7. The highest BCUT2D eigenvalue weighted by molar-refractivity contribution is 7.98. The number of hydrogen-bond acceptors (Lipinski definition) is 4. The molecule has 0 aliphatic heterocycles. The lowest BCUT2D eigenvalue weighted by Crippen LogP contribution is -2.26. The van der Waals surface area contributed by atoms with Crippen molar-refractivity contribution in [3.8, 4) is 0 Å². The lowest BCUT2D eigenvalue weighted by atomic mass is 10.2. The summed E-state index contributed by atoms with van der Waals surface area (Å²) in [5.74, 6) is -0.252. The molecule has 0 saturated carbocycles. The zero-order chi connectivity index (χ0) is 20.1. The van der Waals surface area contributed by atoms with Crippen LogP contribution in [0.4, 0.5) is 11.4 Å². The Kier molecular flexibility index (Phi) is 6.06. The number of anilines is 2. The molecule has 7 heteroatoms. The Hall–Kier alpha value is -2.77. The first-order valence-electron chi connectivity index (χ1n) is 8.51. The SMILES string of the molecule is CSc1cccc(NC(=O)c2ccc(N(C)S(=O)(=O)c3ccccc3)cc2)c1. The molecular formula is C21H20N2O3S2. The molecule has 0 aromatic heterocycles. The molecule has 0 aliphatic carbocycles. The van der Waals surface area contributed by atoms with Crippen LogP contribution in [-0.4, -0.2) is 27.6 Å². The second-order valence-electron chi connectivity index (χ2n) is 6.02. The Balaban J connectivity index is 1.76. The van der Waals surface area contributed by atoms with Gasteiger partial charge in [0.25, 0.3) is 15.9 Å². The van der Waals surface area contributed by atoms with Gasteiger partial charge in [-0.1, -0.05) is 24.3 Å². The van der Waals surface area contributed by atoms with Gasteiger partial charge in [-0.05, 0) is 60.9 Å². The first kappa shape index (κ1) is 20.0. The molecule has 0 unspecified atom stereocenters. The van der Waals surface area contributed by atoms with Crippen LogP contribution in [0.2, 0.25) is 0 Å². The van der Waals surface area contributed by atoms with E-state index in [9.17, 15) is 13.2 Å². The standard InChI is InChI=1S/C21H20N2O3S2/c1-23(28(25,26)20-9-4-3-5-10-20)18-13-11-16(12-14-18)21(24)22-17-7-6-8-19(15-17)27-2/h3-15H,1-2H3,(H,22,24). The van der Waals surface area contributed by atoms with Crippen LogP contribution in [0.25, 0.3) is 0 Å². The zero-order valence-electron chi connectivity index (χ0n) is 15.5. The summed E-state index contributed by atoms with van der Waals surface area (Å²) >= 11 is 1.60. The second-order valence-corrected chi connectivity index (χ2v) is 8.87. The van der Waals surface area contributed by atoms with Gasteiger partial charge in [-0.15, -0.1) is 11.8 Å². The molecule has 0 spiro atoms. The first-order valence-corrected chi connectivity index (χ1v) is 11.2. The minimum atomic E-state index is -3.65. The summed E-state index contributed by atoms with van der Waals surface area (Å²) in [7, 11) is -2.16. The lowest BCUT2D eigenvalue weighted by Gasteiger charge is -2.19. The molecule has 28 heavy (non-hydrogen) atoms. The third-order valence-corrected chi connectivity index (χ3v) is 6.75. The quantitative estimate of drug-likeness (QED) is 0.606. The molecule has 0 fully saturated rings. The Labute approximate surface area is 169 Å². The number of hydrogen-bond donors (Lipinski definition) is 1. The molecule has 144 valence electrons. The van der Waals surface area contributed by atoms with Gasteiger partial charge in [-0.3, -0.25) is 9.10 Å². The molecule has 1 amide bonds. The first-order chi connectivity index (χ1) is 13.4. The molecule has 1 N–H and O–H groups in total. The number of benzene rings is 3. The highest BCUT2D eigenvalue weighted by Crippen LogP contribution is 2.23. The maximum Gasteiger partial charge on any atom is 0.264 e. The number of rotatable bonds is 6. The van der Waals surface area contributed by atoms with Crippen LogP contribution in [0.1, 0.15) is 10.4 Å². The average Bonchev–Trinajstić information content (AvgIpc) is 2.74. The lowest BCUT2D eigenvalue weighted by molar-refractivity contribution is 0.102.